The first-order valence-electron chi connectivity index (χ1n) is 11.1. The van der Waals surface area contributed by atoms with E-state index >= 15 is 0 Å². The Bertz CT molecular complexity index is 904. The second kappa shape index (κ2) is 10.8. The fourth-order valence-corrected chi connectivity index (χ4v) is 4.97. The van der Waals surface area contributed by atoms with Crippen LogP contribution in [0.15, 0.2) is 23.1 Å². The van der Waals surface area contributed by atoms with Crippen LogP contribution in [-0.4, -0.2) is 50.3 Å². The maximum atomic E-state index is 12.9. The van der Waals surface area contributed by atoms with Crippen LogP contribution in [0, 0.1) is 17.2 Å². The Labute approximate surface area is 186 Å². The van der Waals surface area contributed by atoms with E-state index in [2.05, 4.69) is 28.9 Å². The first-order valence-corrected chi connectivity index (χ1v) is 12.5. The zero-order valence-electron chi connectivity index (χ0n) is 19.0. The molecule has 0 radical (unpaired) electrons. The van der Waals surface area contributed by atoms with E-state index in [9.17, 15) is 18.5 Å². The van der Waals surface area contributed by atoms with E-state index in [1.807, 2.05) is 0 Å². The number of amides is 1. The van der Waals surface area contributed by atoms with E-state index in [1.165, 1.54) is 4.31 Å². The topological polar surface area (TPSA) is 114 Å². The van der Waals surface area contributed by atoms with E-state index in [0.717, 1.165) is 37.9 Å². The average Bonchev–Trinajstić information content (AvgIpc) is 3.59. The van der Waals surface area contributed by atoms with Gasteiger partial charge >= 0.3 is 0 Å². The third-order valence-corrected chi connectivity index (χ3v) is 7.69. The van der Waals surface area contributed by atoms with Gasteiger partial charge in [0.1, 0.15) is 5.54 Å². The molecule has 1 aromatic rings. The number of carbonyl (C=O) groups excluding carboxylic acids is 1. The van der Waals surface area contributed by atoms with Gasteiger partial charge in [-0.2, -0.15) is 9.57 Å². The normalized spacial score (nSPS) is 15.7. The van der Waals surface area contributed by atoms with Crippen LogP contribution in [0.1, 0.15) is 53.4 Å². The van der Waals surface area contributed by atoms with Gasteiger partial charge in [0, 0.05) is 19.6 Å². The van der Waals surface area contributed by atoms with Gasteiger partial charge in [-0.15, -0.1) is 0 Å². The van der Waals surface area contributed by atoms with E-state index in [1.54, 1.807) is 39.0 Å². The van der Waals surface area contributed by atoms with Crippen LogP contribution in [0.2, 0.25) is 0 Å². The van der Waals surface area contributed by atoms with Crippen LogP contribution in [0.5, 0.6) is 0 Å². The van der Waals surface area contributed by atoms with E-state index in [4.69, 9.17) is 0 Å². The number of nitrogens with one attached hydrogen (secondary N) is 3. The van der Waals surface area contributed by atoms with Gasteiger partial charge in [-0.3, -0.25) is 4.79 Å². The van der Waals surface area contributed by atoms with Crippen molar-refractivity contribution in [2.24, 2.45) is 5.92 Å². The van der Waals surface area contributed by atoms with Crippen molar-refractivity contribution in [1.29, 1.82) is 5.26 Å². The molecule has 1 fully saturated rings. The van der Waals surface area contributed by atoms with Crippen LogP contribution in [0.3, 0.4) is 0 Å². The summed E-state index contributed by atoms with van der Waals surface area (Å²) in [6, 6.07) is 7.10. The highest BCUT2D eigenvalue weighted by Gasteiger charge is 2.42. The summed E-state index contributed by atoms with van der Waals surface area (Å²) in [6.45, 7) is 8.90. The number of anilines is 2. The van der Waals surface area contributed by atoms with Crippen LogP contribution in [0.4, 0.5) is 11.4 Å². The molecule has 1 atom stereocenters. The molecule has 0 bridgehead atoms. The highest BCUT2D eigenvalue weighted by atomic mass is 32.2. The largest absolute Gasteiger partial charge is 0.383 e. The molecule has 1 aromatic carbocycles. The Morgan fingerprint density at radius 3 is 2.42 bits per heavy atom. The molecule has 1 aliphatic rings. The lowest BCUT2D eigenvalue weighted by Crippen LogP contribution is -2.48. The second-order valence-corrected chi connectivity index (χ2v) is 10.0. The summed E-state index contributed by atoms with van der Waals surface area (Å²) in [4.78, 5) is 12.7. The molecule has 3 N–H and O–H groups in total. The van der Waals surface area contributed by atoms with Crippen molar-refractivity contribution < 1.29 is 13.2 Å². The molecule has 0 spiro atoms. The first kappa shape index (κ1) is 25.0. The van der Waals surface area contributed by atoms with Gasteiger partial charge in [-0.1, -0.05) is 27.2 Å². The summed E-state index contributed by atoms with van der Waals surface area (Å²) in [7, 11) is -3.62. The number of hydrogen-bond donors (Lipinski definition) is 3. The second-order valence-electron chi connectivity index (χ2n) is 8.07. The number of nitrogens with zero attached hydrogens (tertiary/aromatic N) is 2. The van der Waals surface area contributed by atoms with Crippen molar-refractivity contribution in [3.8, 4) is 6.07 Å². The molecule has 31 heavy (non-hydrogen) atoms. The quantitative estimate of drug-likeness (QED) is 0.399. The molecule has 0 saturated heterocycles. The molecule has 0 aliphatic heterocycles. The molecule has 172 valence electrons. The van der Waals surface area contributed by atoms with Crippen LogP contribution in [0.25, 0.3) is 0 Å². The van der Waals surface area contributed by atoms with Gasteiger partial charge in [0.15, 0.2) is 0 Å². The van der Waals surface area contributed by atoms with Crippen molar-refractivity contribution >= 4 is 27.3 Å². The molecule has 1 amide bonds. The molecule has 1 aliphatic carbocycles. The molecule has 1 unspecified atom stereocenters. The van der Waals surface area contributed by atoms with Crippen molar-refractivity contribution in [2.75, 3.05) is 36.8 Å². The fraction of sp³-hybridized carbons (Fsp3) is 0.636. The highest BCUT2D eigenvalue weighted by Crippen LogP contribution is 2.39. The van der Waals surface area contributed by atoms with Gasteiger partial charge < -0.3 is 16.0 Å². The summed E-state index contributed by atoms with van der Waals surface area (Å²) < 4.78 is 27.3. The van der Waals surface area contributed by atoms with Crippen LogP contribution >= 0.6 is 0 Å². The molecule has 0 aromatic heterocycles. The minimum Gasteiger partial charge on any atom is -0.383 e. The third-order valence-electron chi connectivity index (χ3n) is 5.64. The lowest BCUT2D eigenvalue weighted by Gasteiger charge is -2.23. The number of benzene rings is 1. The molecule has 0 heterocycles. The number of carbonyl (C=O) groups is 1. The maximum absolute atomic E-state index is 12.9. The molecular formula is C22H35N5O3S. The van der Waals surface area contributed by atoms with Crippen molar-refractivity contribution in [2.45, 2.75) is 63.8 Å². The van der Waals surface area contributed by atoms with E-state index in [0.29, 0.717) is 18.8 Å². The number of unbranched alkanes of at least 4 members (excludes halogenated alkanes) is 1. The summed E-state index contributed by atoms with van der Waals surface area (Å²) in [5.74, 6) is -0.109. The highest BCUT2D eigenvalue weighted by molar-refractivity contribution is 7.89. The fourth-order valence-electron chi connectivity index (χ4n) is 3.49. The predicted molar refractivity (Wildman–Crippen MR) is 123 cm³/mol. The van der Waals surface area contributed by atoms with Crippen molar-refractivity contribution in [1.82, 2.24) is 9.62 Å². The maximum Gasteiger partial charge on any atom is 0.243 e. The Hall–Kier alpha value is -2.31. The number of sulfonamides is 1. The van der Waals surface area contributed by atoms with Crippen LogP contribution < -0.4 is 16.0 Å². The number of nitriles is 1. The molecule has 9 heteroatoms. The summed E-state index contributed by atoms with van der Waals surface area (Å²) in [5, 5.41) is 18.6. The Kier molecular flexibility index (Phi) is 8.71. The Morgan fingerprint density at radius 1 is 1.19 bits per heavy atom. The average molecular weight is 450 g/mol. The standard InChI is InChI=1S/C22H35N5O3S/c1-5-8-13-24-19-12-11-18(31(29,30)27(6-2)7-3)14-20(19)25-15-21(28)26-22(4,16-23)17-9-10-17/h11-12,14,17,24-25H,5-10,13,15H2,1-4H3,(H,26,28). The summed E-state index contributed by atoms with van der Waals surface area (Å²) in [6.07, 6.45) is 3.88. The SMILES string of the molecule is CCCCNc1ccc(S(=O)(=O)N(CC)CC)cc1NCC(=O)NC(C)(C#N)C1CC1. The number of hydrogen-bond acceptors (Lipinski definition) is 6. The molecular weight excluding hydrogens is 414 g/mol. The van der Waals surface area contributed by atoms with E-state index in [-0.39, 0.29) is 23.3 Å². The summed E-state index contributed by atoms with van der Waals surface area (Å²) >= 11 is 0. The zero-order chi connectivity index (χ0) is 23.1. The third kappa shape index (κ3) is 6.34. The smallest absolute Gasteiger partial charge is 0.243 e. The van der Waals surface area contributed by atoms with Gasteiger partial charge in [-0.25, -0.2) is 8.42 Å². The monoisotopic (exact) mass is 449 g/mol. The predicted octanol–water partition coefficient (Wildman–Crippen LogP) is 3.15. The van der Waals surface area contributed by atoms with Crippen molar-refractivity contribution in [3.05, 3.63) is 18.2 Å². The Morgan fingerprint density at radius 2 is 1.87 bits per heavy atom. The Balaban J connectivity index is 2.21. The minimum absolute atomic E-state index is 0.0543. The number of rotatable bonds is 13. The summed E-state index contributed by atoms with van der Waals surface area (Å²) in [5.41, 5.74) is 0.420. The minimum atomic E-state index is -3.62. The molecule has 8 nitrogen and oxygen atoms in total. The van der Waals surface area contributed by atoms with E-state index < -0.39 is 15.6 Å². The lowest BCUT2D eigenvalue weighted by molar-refractivity contribution is -0.120. The van der Waals surface area contributed by atoms with Gasteiger partial charge in [0.2, 0.25) is 15.9 Å². The first-order chi connectivity index (χ1) is 14.7. The molecule has 2 rings (SSSR count). The lowest BCUT2D eigenvalue weighted by atomic mass is 9.98. The van der Waals surface area contributed by atoms with Gasteiger partial charge in [0.25, 0.3) is 0 Å². The molecule has 1 saturated carbocycles. The van der Waals surface area contributed by atoms with Gasteiger partial charge in [0.05, 0.1) is 28.9 Å². The van der Waals surface area contributed by atoms with Gasteiger partial charge in [-0.05, 0) is 50.3 Å². The van der Waals surface area contributed by atoms with Crippen molar-refractivity contribution in [3.63, 3.8) is 0 Å². The zero-order valence-corrected chi connectivity index (χ0v) is 19.8. The van der Waals surface area contributed by atoms with Crippen LogP contribution in [-0.2, 0) is 14.8 Å².